The van der Waals surface area contributed by atoms with Gasteiger partial charge in [-0.3, -0.25) is 0 Å². The first-order valence-corrected chi connectivity index (χ1v) is 17.0. The van der Waals surface area contributed by atoms with Crippen LogP contribution in [-0.4, -0.2) is 29.6 Å². The summed E-state index contributed by atoms with van der Waals surface area (Å²) >= 11 is 0. The van der Waals surface area contributed by atoms with E-state index in [0.717, 1.165) is 6.42 Å². The molecule has 0 spiro atoms. The van der Waals surface area contributed by atoms with E-state index < -0.39 is 5.97 Å². The van der Waals surface area contributed by atoms with Crippen molar-refractivity contribution in [1.29, 1.82) is 0 Å². The molecule has 2 aromatic carbocycles. The van der Waals surface area contributed by atoms with Crippen LogP contribution in [0.1, 0.15) is 170 Å². The second-order valence-electron chi connectivity index (χ2n) is 9.86. The van der Waals surface area contributed by atoms with Crippen molar-refractivity contribution in [2.24, 2.45) is 0 Å². The van der Waals surface area contributed by atoms with E-state index in [0.29, 0.717) is 25.3 Å². The van der Waals surface area contributed by atoms with Gasteiger partial charge < -0.3 is 17.5 Å². The SMILES string of the molecule is C.C.C.C.CCC(C)c1ccc(C(=O)O)cc1.CCC(C)c1ccccc1.CCCCP(CCCC)CCCC.[CH2+]C.[Cl-]. The molecule has 2 unspecified atom stereocenters. The van der Waals surface area contributed by atoms with E-state index in [4.69, 9.17) is 5.11 Å². The molecular formula is C39H76ClO2P. The first kappa shape index (κ1) is 57.2. The molecule has 0 amide bonds. The van der Waals surface area contributed by atoms with Crippen LogP contribution in [0.2, 0.25) is 0 Å². The minimum absolute atomic E-state index is 0. The maximum Gasteiger partial charge on any atom is 0.335 e. The molecule has 2 nitrogen and oxygen atoms in total. The Balaban J connectivity index is -0.0000000836. The Morgan fingerprint density at radius 2 is 0.977 bits per heavy atom. The predicted molar refractivity (Wildman–Crippen MR) is 201 cm³/mol. The van der Waals surface area contributed by atoms with Crippen molar-refractivity contribution >= 4 is 13.9 Å². The fourth-order valence-corrected chi connectivity index (χ4v) is 6.65. The number of unbranched alkanes of at least 4 members (excludes halogenated alkanes) is 3. The van der Waals surface area contributed by atoms with Gasteiger partial charge in [0.2, 0.25) is 0 Å². The van der Waals surface area contributed by atoms with E-state index >= 15 is 0 Å². The third-order valence-electron chi connectivity index (χ3n) is 6.80. The highest BCUT2D eigenvalue weighted by atomic mass is 35.5. The second-order valence-corrected chi connectivity index (χ2v) is 12.5. The fraction of sp³-hybridized carbons (Fsp3) is 0.641. The van der Waals surface area contributed by atoms with Gasteiger partial charge in [0, 0.05) is 0 Å². The van der Waals surface area contributed by atoms with Gasteiger partial charge in [-0.05, 0) is 85.7 Å². The van der Waals surface area contributed by atoms with Crippen molar-refractivity contribution in [3.63, 3.8) is 0 Å². The molecule has 2 atom stereocenters. The molecule has 0 aliphatic carbocycles. The zero-order valence-corrected chi connectivity index (χ0v) is 28.2. The van der Waals surface area contributed by atoms with Crippen LogP contribution in [0.15, 0.2) is 54.6 Å². The lowest BCUT2D eigenvalue weighted by Gasteiger charge is -2.16. The summed E-state index contributed by atoms with van der Waals surface area (Å²) in [4.78, 5) is 10.6. The zero-order valence-electron chi connectivity index (χ0n) is 26.5. The minimum Gasteiger partial charge on any atom is -1.00 e. The third-order valence-corrected chi connectivity index (χ3v) is 9.65. The highest BCUT2D eigenvalue weighted by Crippen LogP contribution is 2.38. The Kier molecular flexibility index (Phi) is 53.9. The Morgan fingerprint density at radius 1 is 0.651 bits per heavy atom. The molecule has 0 bridgehead atoms. The Labute approximate surface area is 280 Å². The van der Waals surface area contributed by atoms with E-state index in [1.807, 2.05) is 12.1 Å². The maximum atomic E-state index is 10.6. The quantitative estimate of drug-likeness (QED) is 0.164. The van der Waals surface area contributed by atoms with Gasteiger partial charge in [-0.15, -0.1) is 7.92 Å². The summed E-state index contributed by atoms with van der Waals surface area (Å²) < 4.78 is 0. The molecule has 0 aromatic heterocycles. The van der Waals surface area contributed by atoms with Crippen LogP contribution < -0.4 is 12.4 Å². The number of halogens is 1. The van der Waals surface area contributed by atoms with E-state index in [1.54, 1.807) is 37.5 Å². The van der Waals surface area contributed by atoms with Crippen LogP contribution >= 0.6 is 7.92 Å². The molecule has 0 radical (unpaired) electrons. The number of benzene rings is 2. The van der Waals surface area contributed by atoms with E-state index in [-0.39, 0.29) is 42.1 Å². The van der Waals surface area contributed by atoms with E-state index in [1.165, 1.54) is 56.1 Å². The van der Waals surface area contributed by atoms with Gasteiger partial charge in [-0.2, -0.15) is 0 Å². The minimum atomic E-state index is -0.865. The lowest BCUT2D eigenvalue weighted by molar-refractivity contribution is -0.0000254. The summed E-state index contributed by atoms with van der Waals surface area (Å²) in [6.07, 6.45) is 15.5. The molecule has 0 saturated heterocycles. The Bertz CT molecular complexity index is 746. The molecule has 43 heavy (non-hydrogen) atoms. The van der Waals surface area contributed by atoms with Gasteiger partial charge in [-0.25, -0.2) is 4.79 Å². The lowest BCUT2D eigenvalue weighted by atomic mass is 9.98. The topological polar surface area (TPSA) is 37.3 Å². The van der Waals surface area contributed by atoms with Crippen LogP contribution in [0.4, 0.5) is 0 Å². The number of hydrogen-bond acceptors (Lipinski definition) is 1. The van der Waals surface area contributed by atoms with Crippen LogP contribution in [0.3, 0.4) is 0 Å². The van der Waals surface area contributed by atoms with Crippen molar-refractivity contribution in [1.82, 2.24) is 0 Å². The van der Waals surface area contributed by atoms with Crippen LogP contribution in [-0.2, 0) is 0 Å². The highest BCUT2D eigenvalue weighted by molar-refractivity contribution is 7.57. The number of aromatic carboxylic acids is 1. The van der Waals surface area contributed by atoms with Gasteiger partial charge in [0.15, 0.2) is 0 Å². The molecule has 2 aromatic rings. The monoisotopic (exact) mass is 643 g/mol. The molecule has 0 aliphatic rings. The third kappa shape index (κ3) is 30.3. The van der Waals surface area contributed by atoms with E-state index in [2.05, 4.69) is 85.7 Å². The molecule has 4 heteroatoms. The van der Waals surface area contributed by atoms with Gasteiger partial charge in [0.1, 0.15) is 0 Å². The smallest absolute Gasteiger partial charge is 0.335 e. The van der Waals surface area contributed by atoms with Crippen molar-refractivity contribution in [3.05, 3.63) is 78.2 Å². The summed E-state index contributed by atoms with van der Waals surface area (Å²) in [5, 5.41) is 8.67. The number of carbonyl (C=O) groups is 1. The molecular weight excluding hydrogens is 567 g/mol. The average molecular weight is 643 g/mol. The van der Waals surface area contributed by atoms with Crippen LogP contribution in [0, 0.1) is 6.92 Å². The number of rotatable bonds is 14. The normalized spacial score (nSPS) is 10.3. The molecule has 0 saturated carbocycles. The fourth-order valence-electron chi connectivity index (χ4n) is 3.69. The molecule has 0 fully saturated rings. The summed E-state index contributed by atoms with van der Waals surface area (Å²) in [6.45, 7) is 20.7. The van der Waals surface area contributed by atoms with Gasteiger partial charge >= 0.3 is 5.97 Å². The number of carboxylic acids is 1. The molecule has 2 rings (SSSR count). The Hall–Kier alpha value is -1.50. The molecule has 256 valence electrons. The number of carboxylic acid groups (broad SMARTS) is 1. The second kappa shape index (κ2) is 40.5. The molecule has 0 aliphatic heterocycles. The van der Waals surface area contributed by atoms with Crippen molar-refractivity contribution in [2.45, 2.75) is 148 Å². The lowest BCUT2D eigenvalue weighted by Crippen LogP contribution is -3.00. The maximum absolute atomic E-state index is 10.6. The van der Waals surface area contributed by atoms with Crippen molar-refractivity contribution < 1.29 is 22.3 Å². The van der Waals surface area contributed by atoms with Gasteiger partial charge in [-0.1, -0.05) is 140 Å². The first-order chi connectivity index (χ1) is 18.3. The molecule has 1 N–H and O–H groups in total. The summed E-state index contributed by atoms with van der Waals surface area (Å²) in [6, 6.07) is 17.7. The largest absolute Gasteiger partial charge is 1.00 e. The molecule has 0 heterocycles. The Morgan fingerprint density at radius 3 is 1.26 bits per heavy atom. The highest BCUT2D eigenvalue weighted by Gasteiger charge is 2.06. The first-order valence-electron chi connectivity index (χ1n) is 15.1. The zero-order chi connectivity index (χ0) is 29.2. The summed E-state index contributed by atoms with van der Waals surface area (Å²) in [7, 11) is 0.422. The van der Waals surface area contributed by atoms with Gasteiger partial charge in [0.05, 0.1) is 19.4 Å². The average Bonchev–Trinajstić information content (AvgIpc) is 2.98. The van der Waals surface area contributed by atoms with Crippen molar-refractivity contribution in [2.75, 3.05) is 18.5 Å². The van der Waals surface area contributed by atoms with Crippen LogP contribution in [0.25, 0.3) is 0 Å². The van der Waals surface area contributed by atoms with Crippen LogP contribution in [0.5, 0.6) is 0 Å². The standard InChI is InChI=1S/C12H27P.C11H14O2.C10H14.C2H5.4CH4.ClH/c1-4-7-10-13(11-8-5-2)12-9-6-3;1-3-8(2)9-4-6-10(7-5-9)11(12)13;1-3-9(2)10-7-5-4-6-8-10;1-2;;;;;/h4-12H2,1-3H3;4-8H,3H2,1-2H3,(H,12,13);4-9H,3H2,1-2H3;1H2,2H3;4*1H4;1H/q;;;+1;;;;;/p-1. The summed E-state index contributed by atoms with van der Waals surface area (Å²) in [5.74, 6) is 0.347. The van der Waals surface area contributed by atoms with Gasteiger partial charge in [0.25, 0.3) is 0 Å². The number of hydrogen-bond donors (Lipinski definition) is 1. The predicted octanol–water partition coefficient (Wildman–Crippen LogP) is 11.4. The summed E-state index contributed by atoms with van der Waals surface area (Å²) in [5.41, 5.74) is 3.00. The van der Waals surface area contributed by atoms with E-state index in [9.17, 15) is 4.79 Å². The van der Waals surface area contributed by atoms with Crippen molar-refractivity contribution in [3.8, 4) is 0 Å².